The maximum atomic E-state index is 11.7. The number of urea groups is 1. The zero-order valence-corrected chi connectivity index (χ0v) is 11.6. The molecule has 21 heavy (non-hydrogen) atoms. The van der Waals surface area contributed by atoms with Gasteiger partial charge in [-0.15, -0.1) is 0 Å². The number of anilines is 1. The van der Waals surface area contributed by atoms with E-state index in [-0.39, 0.29) is 5.69 Å². The number of benzene rings is 2. The molecular weight excluding hydrogens is 294 g/mol. The summed E-state index contributed by atoms with van der Waals surface area (Å²) in [4.78, 5) is 21.9. The Morgan fingerprint density at radius 1 is 1.19 bits per heavy atom. The van der Waals surface area contributed by atoms with Crippen molar-refractivity contribution >= 4 is 29.0 Å². The van der Waals surface area contributed by atoms with Crippen molar-refractivity contribution in [1.82, 2.24) is 5.32 Å². The van der Waals surface area contributed by atoms with E-state index in [1.165, 1.54) is 18.2 Å². The molecule has 0 fully saturated rings. The summed E-state index contributed by atoms with van der Waals surface area (Å²) in [5.41, 5.74) is 1.13. The highest BCUT2D eigenvalue weighted by Crippen LogP contribution is 2.17. The van der Waals surface area contributed by atoms with E-state index < -0.39 is 11.0 Å². The molecular formula is C14H12ClN3O3. The first-order valence-corrected chi connectivity index (χ1v) is 6.46. The van der Waals surface area contributed by atoms with Gasteiger partial charge in [-0.2, -0.15) is 0 Å². The summed E-state index contributed by atoms with van der Waals surface area (Å²) in [6, 6.07) is 12.4. The van der Waals surface area contributed by atoms with E-state index in [9.17, 15) is 14.9 Å². The molecule has 0 atom stereocenters. The lowest BCUT2D eigenvalue weighted by Crippen LogP contribution is -2.28. The van der Waals surface area contributed by atoms with E-state index in [4.69, 9.17) is 11.6 Å². The number of carbonyl (C=O) groups is 1. The molecule has 6 nitrogen and oxygen atoms in total. The fourth-order valence-electron chi connectivity index (χ4n) is 1.70. The number of halogens is 1. The standard InChI is InChI=1S/C14H12ClN3O3/c15-11-4-1-3-10(7-11)9-16-14(19)17-12-5-2-6-13(8-12)18(20)21/h1-8H,9H2,(H2,16,17,19). The molecule has 108 valence electrons. The molecule has 0 aliphatic heterocycles. The molecule has 7 heteroatoms. The zero-order valence-electron chi connectivity index (χ0n) is 10.9. The van der Waals surface area contributed by atoms with Crippen molar-refractivity contribution in [2.24, 2.45) is 0 Å². The number of nitrogens with zero attached hydrogens (tertiary/aromatic N) is 1. The van der Waals surface area contributed by atoms with Gasteiger partial charge in [0.25, 0.3) is 5.69 Å². The van der Waals surface area contributed by atoms with Gasteiger partial charge in [-0.3, -0.25) is 10.1 Å². The van der Waals surface area contributed by atoms with Crippen LogP contribution < -0.4 is 10.6 Å². The van der Waals surface area contributed by atoms with Crippen LogP contribution in [0.25, 0.3) is 0 Å². The van der Waals surface area contributed by atoms with Crippen LogP contribution in [0.1, 0.15) is 5.56 Å². The van der Waals surface area contributed by atoms with Gasteiger partial charge >= 0.3 is 6.03 Å². The summed E-state index contributed by atoms with van der Waals surface area (Å²) in [6.07, 6.45) is 0. The first-order chi connectivity index (χ1) is 10.0. The second-order valence-electron chi connectivity index (χ2n) is 4.25. The van der Waals surface area contributed by atoms with E-state index in [1.807, 2.05) is 6.07 Å². The minimum absolute atomic E-state index is 0.0809. The quantitative estimate of drug-likeness (QED) is 0.669. The Kier molecular flexibility index (Phi) is 4.73. The number of rotatable bonds is 4. The molecule has 0 aliphatic rings. The second kappa shape index (κ2) is 6.71. The van der Waals surface area contributed by atoms with E-state index >= 15 is 0 Å². The number of amides is 2. The molecule has 0 heterocycles. The number of nitro benzene ring substituents is 1. The van der Waals surface area contributed by atoms with Crippen molar-refractivity contribution in [2.75, 3.05) is 5.32 Å². The van der Waals surface area contributed by atoms with Gasteiger partial charge in [-0.25, -0.2) is 4.79 Å². The third-order valence-corrected chi connectivity index (χ3v) is 2.89. The highest BCUT2D eigenvalue weighted by molar-refractivity contribution is 6.30. The van der Waals surface area contributed by atoms with Gasteiger partial charge in [0.15, 0.2) is 0 Å². The molecule has 0 unspecified atom stereocenters. The molecule has 0 aliphatic carbocycles. The lowest BCUT2D eigenvalue weighted by molar-refractivity contribution is -0.384. The Morgan fingerprint density at radius 2 is 1.95 bits per heavy atom. The largest absolute Gasteiger partial charge is 0.334 e. The summed E-state index contributed by atoms with van der Waals surface area (Å²) < 4.78 is 0. The molecule has 2 N–H and O–H groups in total. The molecule has 0 bridgehead atoms. The van der Waals surface area contributed by atoms with Gasteiger partial charge < -0.3 is 10.6 Å². The predicted octanol–water partition coefficient (Wildman–Crippen LogP) is 3.57. The highest BCUT2D eigenvalue weighted by atomic mass is 35.5. The first-order valence-electron chi connectivity index (χ1n) is 6.08. The summed E-state index contributed by atoms with van der Waals surface area (Å²) in [5, 5.41) is 16.4. The van der Waals surface area contributed by atoms with E-state index in [0.717, 1.165) is 5.56 Å². The molecule has 0 aromatic heterocycles. The Bertz CT molecular complexity index is 676. The molecule has 2 amide bonds. The smallest absolute Gasteiger partial charge is 0.319 e. The van der Waals surface area contributed by atoms with Gasteiger partial charge in [-0.05, 0) is 23.8 Å². The minimum Gasteiger partial charge on any atom is -0.334 e. The van der Waals surface area contributed by atoms with Gasteiger partial charge in [0.2, 0.25) is 0 Å². The Balaban J connectivity index is 1.93. The van der Waals surface area contributed by atoms with Gasteiger partial charge in [-0.1, -0.05) is 29.8 Å². The number of hydrogen-bond acceptors (Lipinski definition) is 3. The fourth-order valence-corrected chi connectivity index (χ4v) is 1.91. The predicted molar refractivity (Wildman–Crippen MR) is 80.4 cm³/mol. The van der Waals surface area contributed by atoms with Gasteiger partial charge in [0.1, 0.15) is 0 Å². The number of nitro groups is 1. The fraction of sp³-hybridized carbons (Fsp3) is 0.0714. The average Bonchev–Trinajstić information content (AvgIpc) is 2.45. The van der Waals surface area contributed by atoms with Crippen LogP contribution >= 0.6 is 11.6 Å². The topological polar surface area (TPSA) is 84.3 Å². The summed E-state index contributed by atoms with van der Waals surface area (Å²) in [5.74, 6) is 0. The van der Waals surface area contributed by atoms with E-state index in [0.29, 0.717) is 17.3 Å². The third kappa shape index (κ3) is 4.47. The summed E-state index contributed by atoms with van der Waals surface area (Å²) >= 11 is 5.84. The van der Waals surface area contributed by atoms with Crippen LogP contribution in [-0.2, 0) is 6.54 Å². The molecule has 0 saturated heterocycles. The molecule has 2 aromatic carbocycles. The number of nitrogens with one attached hydrogen (secondary N) is 2. The van der Waals surface area contributed by atoms with Gasteiger partial charge in [0.05, 0.1) is 4.92 Å². The van der Waals surface area contributed by atoms with Crippen molar-refractivity contribution < 1.29 is 9.72 Å². The first kappa shape index (κ1) is 14.8. The maximum Gasteiger partial charge on any atom is 0.319 e. The second-order valence-corrected chi connectivity index (χ2v) is 4.68. The molecule has 0 saturated carbocycles. The van der Waals surface area contributed by atoms with Crippen molar-refractivity contribution in [3.05, 3.63) is 69.2 Å². The molecule has 2 rings (SSSR count). The molecule has 0 spiro atoms. The Hall–Kier alpha value is -2.60. The van der Waals surface area contributed by atoms with Crippen molar-refractivity contribution in [1.29, 1.82) is 0 Å². The van der Waals surface area contributed by atoms with Crippen LogP contribution in [0.5, 0.6) is 0 Å². The lowest BCUT2D eigenvalue weighted by atomic mass is 10.2. The van der Waals surface area contributed by atoms with Crippen molar-refractivity contribution in [3.8, 4) is 0 Å². The Morgan fingerprint density at radius 3 is 2.67 bits per heavy atom. The SMILES string of the molecule is O=C(NCc1cccc(Cl)c1)Nc1cccc([N+](=O)[O-])c1. The van der Waals surface area contributed by atoms with Crippen LogP contribution in [0.4, 0.5) is 16.2 Å². The summed E-state index contributed by atoms with van der Waals surface area (Å²) in [7, 11) is 0. The monoisotopic (exact) mass is 305 g/mol. The Labute approximate surface area is 125 Å². The minimum atomic E-state index is -0.519. The normalized spacial score (nSPS) is 9.95. The van der Waals surface area contributed by atoms with Crippen LogP contribution in [-0.4, -0.2) is 11.0 Å². The summed E-state index contributed by atoms with van der Waals surface area (Å²) in [6.45, 7) is 0.307. The van der Waals surface area contributed by atoms with Crippen molar-refractivity contribution in [3.63, 3.8) is 0 Å². The third-order valence-electron chi connectivity index (χ3n) is 2.66. The highest BCUT2D eigenvalue weighted by Gasteiger charge is 2.07. The van der Waals surface area contributed by atoms with Crippen molar-refractivity contribution in [2.45, 2.75) is 6.54 Å². The molecule has 2 aromatic rings. The number of carbonyl (C=O) groups excluding carboxylic acids is 1. The van der Waals surface area contributed by atoms with Crippen LogP contribution in [0.2, 0.25) is 5.02 Å². The lowest BCUT2D eigenvalue weighted by Gasteiger charge is -2.07. The molecule has 0 radical (unpaired) electrons. The van der Waals surface area contributed by atoms with Crippen LogP contribution in [0.3, 0.4) is 0 Å². The number of hydrogen-bond donors (Lipinski definition) is 2. The van der Waals surface area contributed by atoms with E-state index in [1.54, 1.807) is 24.3 Å². The van der Waals surface area contributed by atoms with Crippen LogP contribution in [0, 0.1) is 10.1 Å². The van der Waals surface area contributed by atoms with Crippen LogP contribution in [0.15, 0.2) is 48.5 Å². The zero-order chi connectivity index (χ0) is 15.2. The average molecular weight is 306 g/mol. The van der Waals surface area contributed by atoms with Gasteiger partial charge in [0, 0.05) is 29.4 Å². The number of non-ortho nitro benzene ring substituents is 1. The maximum absolute atomic E-state index is 11.7. The van der Waals surface area contributed by atoms with E-state index in [2.05, 4.69) is 10.6 Å².